The highest BCUT2D eigenvalue weighted by molar-refractivity contribution is 5.50. The number of aldehydes is 1. The number of hydrogen-bond donors (Lipinski definition) is 0. The fourth-order valence-electron chi connectivity index (χ4n) is 0.537. The molecule has 0 saturated heterocycles. The van der Waals surface area contributed by atoms with Crippen molar-refractivity contribution in [1.29, 1.82) is 0 Å². The maximum atomic E-state index is 9.85. The van der Waals surface area contributed by atoms with E-state index in [1.165, 1.54) is 0 Å². The first-order chi connectivity index (χ1) is 3.85. The van der Waals surface area contributed by atoms with Crippen molar-refractivity contribution in [3.63, 3.8) is 0 Å². The Hall–Kier alpha value is -0.370. The molecule has 8 heavy (non-hydrogen) atoms. The molecule has 0 bridgehead atoms. The van der Waals surface area contributed by atoms with Gasteiger partial charge in [0.2, 0.25) is 0 Å². The van der Waals surface area contributed by atoms with Gasteiger partial charge in [0.05, 0.1) is 6.10 Å². The Bertz CT molecular complexity index is 57.5. The molecule has 1 atom stereocenters. The van der Waals surface area contributed by atoms with E-state index in [2.05, 4.69) is 0 Å². The predicted molar refractivity (Wildman–Crippen MR) is 31.8 cm³/mol. The summed E-state index contributed by atoms with van der Waals surface area (Å²) in [5, 5.41) is 0. The van der Waals surface area contributed by atoms with Crippen LogP contribution in [0.15, 0.2) is 0 Å². The van der Waals surface area contributed by atoms with E-state index in [1.807, 2.05) is 6.92 Å². The van der Waals surface area contributed by atoms with Crippen molar-refractivity contribution in [3.8, 4) is 0 Å². The Labute approximate surface area is 49.8 Å². The lowest BCUT2D eigenvalue weighted by atomic mass is 10.2. The summed E-state index contributed by atoms with van der Waals surface area (Å²) in [4.78, 5) is 9.85. The molecule has 0 saturated carbocycles. The Morgan fingerprint density at radius 3 is 2.50 bits per heavy atom. The number of methoxy groups -OCH3 is 1. The zero-order chi connectivity index (χ0) is 6.41. The van der Waals surface area contributed by atoms with Crippen LogP contribution in [0.3, 0.4) is 0 Å². The van der Waals surface area contributed by atoms with Gasteiger partial charge in [-0.05, 0) is 6.42 Å². The van der Waals surface area contributed by atoms with Gasteiger partial charge < -0.3 is 9.53 Å². The number of hydrogen-bond acceptors (Lipinski definition) is 2. The fraction of sp³-hybridized carbons (Fsp3) is 0.833. The first kappa shape index (κ1) is 7.63. The average Bonchev–Trinajstić information content (AvgIpc) is 1.83. The molecule has 0 aliphatic carbocycles. The summed E-state index contributed by atoms with van der Waals surface area (Å²) in [6.45, 7) is 2.00. The van der Waals surface area contributed by atoms with Crippen molar-refractivity contribution in [2.45, 2.75) is 25.9 Å². The second kappa shape index (κ2) is 4.78. The van der Waals surface area contributed by atoms with E-state index in [0.29, 0.717) is 6.42 Å². The monoisotopic (exact) mass is 116 g/mol. The van der Waals surface area contributed by atoms with Crippen molar-refractivity contribution in [2.75, 3.05) is 7.11 Å². The van der Waals surface area contributed by atoms with Crippen molar-refractivity contribution in [2.24, 2.45) is 0 Å². The molecule has 0 N–H and O–H groups in total. The van der Waals surface area contributed by atoms with Crippen LogP contribution in [0.2, 0.25) is 0 Å². The largest absolute Gasteiger partial charge is 0.381 e. The number of carbonyl (C=O) groups is 1. The molecule has 0 aliphatic rings. The van der Waals surface area contributed by atoms with E-state index < -0.39 is 0 Å². The fourth-order valence-corrected chi connectivity index (χ4v) is 0.537. The zero-order valence-corrected chi connectivity index (χ0v) is 5.39. The molecule has 0 spiro atoms. The lowest BCUT2D eigenvalue weighted by Crippen LogP contribution is -2.08. The SMILES string of the molecule is CC[C@H](CC=O)OC. The number of ether oxygens (including phenoxy) is 1. The molecule has 0 aromatic heterocycles. The van der Waals surface area contributed by atoms with Crippen molar-refractivity contribution >= 4 is 6.29 Å². The Kier molecular flexibility index (Phi) is 4.56. The predicted octanol–water partition coefficient (Wildman–Crippen LogP) is 1.00. The normalized spacial score (nSPS) is 13.2. The maximum absolute atomic E-state index is 9.85. The van der Waals surface area contributed by atoms with Crippen molar-refractivity contribution < 1.29 is 9.53 Å². The summed E-state index contributed by atoms with van der Waals surface area (Å²) < 4.78 is 4.91. The van der Waals surface area contributed by atoms with Gasteiger partial charge in [0.15, 0.2) is 0 Å². The molecule has 0 radical (unpaired) electrons. The third-order valence-corrected chi connectivity index (χ3v) is 1.15. The lowest BCUT2D eigenvalue weighted by molar-refractivity contribution is -0.110. The van der Waals surface area contributed by atoms with Crippen LogP contribution in [-0.4, -0.2) is 19.5 Å². The minimum absolute atomic E-state index is 0.132. The van der Waals surface area contributed by atoms with Gasteiger partial charge in [-0.1, -0.05) is 6.92 Å². The van der Waals surface area contributed by atoms with Gasteiger partial charge in [-0.15, -0.1) is 0 Å². The summed E-state index contributed by atoms with van der Waals surface area (Å²) in [5.41, 5.74) is 0. The third kappa shape index (κ3) is 2.75. The van der Waals surface area contributed by atoms with Gasteiger partial charge in [-0.2, -0.15) is 0 Å². The Morgan fingerprint density at radius 2 is 2.38 bits per heavy atom. The quantitative estimate of drug-likeness (QED) is 0.512. The summed E-state index contributed by atoms with van der Waals surface area (Å²) in [6, 6.07) is 0. The van der Waals surface area contributed by atoms with Gasteiger partial charge in [0, 0.05) is 13.5 Å². The van der Waals surface area contributed by atoms with Crippen molar-refractivity contribution in [1.82, 2.24) is 0 Å². The Balaban J connectivity index is 3.20. The summed E-state index contributed by atoms with van der Waals surface area (Å²) in [5.74, 6) is 0. The highest BCUT2D eigenvalue weighted by Gasteiger charge is 1.99. The molecule has 0 amide bonds. The minimum atomic E-state index is 0.132. The minimum Gasteiger partial charge on any atom is -0.381 e. The molecule has 48 valence electrons. The molecule has 0 rings (SSSR count). The first-order valence-electron chi connectivity index (χ1n) is 2.81. The maximum Gasteiger partial charge on any atom is 0.122 e. The molecule has 0 aliphatic heterocycles. The molecular weight excluding hydrogens is 104 g/mol. The van der Waals surface area contributed by atoms with Crippen LogP contribution in [0.1, 0.15) is 19.8 Å². The van der Waals surface area contributed by atoms with E-state index in [0.717, 1.165) is 12.7 Å². The molecule has 2 nitrogen and oxygen atoms in total. The van der Waals surface area contributed by atoms with Crippen LogP contribution in [0.5, 0.6) is 0 Å². The molecule has 0 fully saturated rings. The third-order valence-electron chi connectivity index (χ3n) is 1.15. The van der Waals surface area contributed by atoms with Gasteiger partial charge in [0.1, 0.15) is 6.29 Å². The Morgan fingerprint density at radius 1 is 1.75 bits per heavy atom. The van der Waals surface area contributed by atoms with Crippen LogP contribution in [0, 0.1) is 0 Å². The second-order valence-corrected chi connectivity index (χ2v) is 1.67. The zero-order valence-electron chi connectivity index (χ0n) is 5.39. The van der Waals surface area contributed by atoms with Gasteiger partial charge in [0.25, 0.3) is 0 Å². The van der Waals surface area contributed by atoms with E-state index in [9.17, 15) is 4.79 Å². The molecule has 0 aromatic carbocycles. The number of carbonyl (C=O) groups excluding carboxylic acids is 1. The summed E-state index contributed by atoms with van der Waals surface area (Å²) >= 11 is 0. The van der Waals surface area contributed by atoms with E-state index in [-0.39, 0.29) is 6.10 Å². The topological polar surface area (TPSA) is 26.3 Å². The van der Waals surface area contributed by atoms with Gasteiger partial charge in [-0.3, -0.25) is 0 Å². The highest BCUT2D eigenvalue weighted by Crippen LogP contribution is 1.97. The van der Waals surface area contributed by atoms with Gasteiger partial charge in [-0.25, -0.2) is 0 Å². The molecule has 2 heteroatoms. The van der Waals surface area contributed by atoms with Crippen LogP contribution in [0.4, 0.5) is 0 Å². The standard InChI is InChI=1S/C6H12O2/c1-3-6(8-2)4-5-7/h5-6H,3-4H2,1-2H3/t6-/m1/s1. The van der Waals surface area contributed by atoms with Crippen LogP contribution >= 0.6 is 0 Å². The molecule has 0 aromatic rings. The first-order valence-corrected chi connectivity index (χ1v) is 2.81. The van der Waals surface area contributed by atoms with Crippen LogP contribution in [0.25, 0.3) is 0 Å². The van der Waals surface area contributed by atoms with E-state index in [4.69, 9.17) is 4.74 Å². The van der Waals surface area contributed by atoms with Crippen LogP contribution < -0.4 is 0 Å². The highest BCUT2D eigenvalue weighted by atomic mass is 16.5. The van der Waals surface area contributed by atoms with Crippen molar-refractivity contribution in [3.05, 3.63) is 0 Å². The average molecular weight is 116 g/mol. The summed E-state index contributed by atoms with van der Waals surface area (Å²) in [7, 11) is 1.62. The lowest BCUT2D eigenvalue weighted by Gasteiger charge is -2.06. The van der Waals surface area contributed by atoms with E-state index in [1.54, 1.807) is 7.11 Å². The van der Waals surface area contributed by atoms with Crippen LogP contribution in [-0.2, 0) is 9.53 Å². The summed E-state index contributed by atoms with van der Waals surface area (Å²) in [6.07, 6.45) is 2.45. The second-order valence-electron chi connectivity index (χ2n) is 1.67. The smallest absolute Gasteiger partial charge is 0.122 e. The molecule has 0 unspecified atom stereocenters. The molecule has 0 heterocycles. The van der Waals surface area contributed by atoms with E-state index >= 15 is 0 Å². The van der Waals surface area contributed by atoms with Gasteiger partial charge >= 0.3 is 0 Å². The number of rotatable bonds is 4. The molecular formula is C6H12O2.